The van der Waals surface area contributed by atoms with Crippen molar-refractivity contribution in [1.82, 2.24) is 29.3 Å². The van der Waals surface area contributed by atoms with Gasteiger partial charge in [-0.2, -0.15) is 14.5 Å². The minimum atomic E-state index is -3.59. The number of nitrogens with one attached hydrogen (secondary N) is 1. The molecule has 0 radical (unpaired) electrons. The van der Waals surface area contributed by atoms with E-state index in [4.69, 9.17) is 0 Å². The molecule has 19 heavy (non-hydrogen) atoms. The lowest BCUT2D eigenvalue weighted by molar-refractivity contribution is 0.456. The summed E-state index contributed by atoms with van der Waals surface area (Å²) in [6.07, 6.45) is 1.34. The summed E-state index contributed by atoms with van der Waals surface area (Å²) in [5.74, 6) is 0.491. The Morgan fingerprint density at radius 2 is 2.11 bits per heavy atom. The molecule has 2 rings (SSSR count). The zero-order chi connectivity index (χ0) is 14.2. The van der Waals surface area contributed by atoms with Crippen molar-refractivity contribution in [2.75, 3.05) is 7.05 Å². The van der Waals surface area contributed by atoms with Gasteiger partial charge in [-0.25, -0.2) is 13.4 Å². The van der Waals surface area contributed by atoms with Crippen molar-refractivity contribution >= 4 is 10.0 Å². The van der Waals surface area contributed by atoms with Crippen LogP contribution in [0.4, 0.5) is 0 Å². The molecule has 1 N–H and O–H groups in total. The monoisotopic (exact) mass is 284 g/mol. The zero-order valence-corrected chi connectivity index (χ0v) is 12.1. The Morgan fingerprint density at radius 3 is 2.58 bits per heavy atom. The van der Waals surface area contributed by atoms with Crippen molar-refractivity contribution in [3.63, 3.8) is 0 Å². The highest BCUT2D eigenvalue weighted by Gasteiger charge is 2.28. The average Bonchev–Trinajstić information content (AvgIpc) is 2.88. The van der Waals surface area contributed by atoms with Crippen LogP contribution < -0.4 is 0 Å². The molecule has 8 nitrogen and oxygen atoms in total. The van der Waals surface area contributed by atoms with Crippen LogP contribution in [0.15, 0.2) is 11.2 Å². The molecular weight excluding hydrogens is 268 g/mol. The van der Waals surface area contributed by atoms with Gasteiger partial charge in [0.25, 0.3) is 0 Å². The van der Waals surface area contributed by atoms with Crippen molar-refractivity contribution < 1.29 is 8.42 Å². The highest BCUT2D eigenvalue weighted by molar-refractivity contribution is 7.89. The molecule has 0 bridgehead atoms. The van der Waals surface area contributed by atoms with Crippen LogP contribution in [0.3, 0.4) is 0 Å². The van der Waals surface area contributed by atoms with E-state index in [0.717, 1.165) is 0 Å². The third-order valence-corrected chi connectivity index (χ3v) is 5.00. The number of nitrogens with zero attached hydrogens (tertiary/aromatic N) is 5. The molecule has 0 amide bonds. The molecule has 0 aliphatic carbocycles. The van der Waals surface area contributed by atoms with E-state index in [-0.39, 0.29) is 11.4 Å². The predicted molar refractivity (Wildman–Crippen MR) is 67.7 cm³/mol. The first-order valence-electron chi connectivity index (χ1n) is 5.65. The van der Waals surface area contributed by atoms with E-state index in [1.54, 1.807) is 25.6 Å². The molecule has 0 unspecified atom stereocenters. The van der Waals surface area contributed by atoms with E-state index in [9.17, 15) is 8.42 Å². The van der Waals surface area contributed by atoms with Gasteiger partial charge in [-0.15, -0.1) is 0 Å². The summed E-state index contributed by atoms with van der Waals surface area (Å²) in [6, 6.07) is 0. The number of aromatic nitrogens is 5. The van der Waals surface area contributed by atoms with E-state index in [2.05, 4.69) is 20.3 Å². The molecule has 2 aromatic heterocycles. The molecule has 0 aromatic carbocycles. The first kappa shape index (κ1) is 13.7. The molecule has 0 atom stereocenters. The summed E-state index contributed by atoms with van der Waals surface area (Å²) >= 11 is 0. The summed E-state index contributed by atoms with van der Waals surface area (Å²) in [7, 11) is -0.370. The van der Waals surface area contributed by atoms with Crippen molar-refractivity contribution in [3.05, 3.63) is 23.5 Å². The molecule has 0 fully saturated rings. The standard InChI is InChI=1S/C10H16N6O2S/c1-7-10(8(2)16(4)14-7)19(17,18)15(3)5-9-11-6-12-13-9/h6H,5H2,1-4H3,(H,11,12,13). The van der Waals surface area contributed by atoms with Crippen LogP contribution in [0.1, 0.15) is 17.2 Å². The fourth-order valence-electron chi connectivity index (χ4n) is 1.89. The quantitative estimate of drug-likeness (QED) is 0.850. The van der Waals surface area contributed by atoms with E-state index >= 15 is 0 Å². The van der Waals surface area contributed by atoms with Gasteiger partial charge in [-0.05, 0) is 13.8 Å². The number of rotatable bonds is 4. The molecular formula is C10H16N6O2S. The van der Waals surface area contributed by atoms with Crippen LogP contribution >= 0.6 is 0 Å². The average molecular weight is 284 g/mol. The summed E-state index contributed by atoms with van der Waals surface area (Å²) in [4.78, 5) is 4.17. The summed E-state index contributed by atoms with van der Waals surface area (Å²) in [5, 5.41) is 10.5. The molecule has 2 aromatic rings. The van der Waals surface area contributed by atoms with Gasteiger partial charge in [0.15, 0.2) is 0 Å². The summed E-state index contributed by atoms with van der Waals surface area (Å²) < 4.78 is 27.8. The second-order valence-corrected chi connectivity index (χ2v) is 6.30. The fraction of sp³-hybridized carbons (Fsp3) is 0.500. The lowest BCUT2D eigenvalue weighted by Crippen LogP contribution is -2.28. The summed E-state index contributed by atoms with van der Waals surface area (Å²) in [6.45, 7) is 3.55. The maximum absolute atomic E-state index is 12.5. The smallest absolute Gasteiger partial charge is 0.246 e. The van der Waals surface area contributed by atoms with E-state index in [1.165, 1.54) is 17.7 Å². The maximum atomic E-state index is 12.5. The topological polar surface area (TPSA) is 96.8 Å². The second-order valence-electron chi connectivity index (χ2n) is 4.32. The minimum absolute atomic E-state index is 0.135. The van der Waals surface area contributed by atoms with Crippen LogP contribution in [0, 0.1) is 13.8 Å². The van der Waals surface area contributed by atoms with Gasteiger partial charge in [0.2, 0.25) is 10.0 Å². The zero-order valence-electron chi connectivity index (χ0n) is 11.2. The third kappa shape index (κ3) is 2.38. The van der Waals surface area contributed by atoms with Crippen molar-refractivity contribution in [2.24, 2.45) is 7.05 Å². The Hall–Kier alpha value is -1.74. The second kappa shape index (κ2) is 4.74. The predicted octanol–water partition coefficient (Wildman–Crippen LogP) is -0.0243. The van der Waals surface area contributed by atoms with Crippen molar-refractivity contribution in [2.45, 2.75) is 25.3 Å². The van der Waals surface area contributed by atoms with Gasteiger partial charge in [0, 0.05) is 14.1 Å². The molecule has 104 valence electrons. The molecule has 0 aliphatic heterocycles. The van der Waals surface area contributed by atoms with Crippen molar-refractivity contribution in [1.29, 1.82) is 0 Å². The molecule has 2 heterocycles. The number of H-pyrrole nitrogens is 1. The fourth-order valence-corrected chi connectivity index (χ4v) is 3.41. The number of aromatic amines is 1. The van der Waals surface area contributed by atoms with E-state index < -0.39 is 10.0 Å². The van der Waals surface area contributed by atoms with Gasteiger partial charge in [-0.3, -0.25) is 9.78 Å². The number of hydrogen-bond donors (Lipinski definition) is 1. The first-order chi connectivity index (χ1) is 8.84. The maximum Gasteiger partial charge on any atom is 0.246 e. The van der Waals surface area contributed by atoms with Gasteiger partial charge < -0.3 is 0 Å². The third-order valence-electron chi connectivity index (χ3n) is 2.95. The Balaban J connectivity index is 2.36. The SMILES string of the molecule is Cc1nn(C)c(C)c1S(=O)(=O)N(C)Cc1ncn[nH]1. The van der Waals surface area contributed by atoms with Crippen LogP contribution in [0.2, 0.25) is 0 Å². The Morgan fingerprint density at radius 1 is 1.42 bits per heavy atom. The number of sulfonamides is 1. The number of hydrogen-bond acceptors (Lipinski definition) is 5. The van der Waals surface area contributed by atoms with Crippen LogP contribution in [0.25, 0.3) is 0 Å². The Bertz CT molecular complexity index is 673. The van der Waals surface area contributed by atoms with Gasteiger partial charge in [0.05, 0.1) is 17.9 Å². The van der Waals surface area contributed by atoms with Gasteiger partial charge in [0.1, 0.15) is 17.0 Å². The lowest BCUT2D eigenvalue weighted by Gasteiger charge is -2.15. The Labute approximate surface area is 111 Å². The lowest BCUT2D eigenvalue weighted by atomic mass is 10.4. The van der Waals surface area contributed by atoms with Gasteiger partial charge >= 0.3 is 0 Å². The van der Waals surface area contributed by atoms with E-state index in [0.29, 0.717) is 17.2 Å². The van der Waals surface area contributed by atoms with Gasteiger partial charge in [-0.1, -0.05) is 0 Å². The van der Waals surface area contributed by atoms with Crippen LogP contribution in [-0.4, -0.2) is 44.7 Å². The summed E-state index contributed by atoms with van der Waals surface area (Å²) in [5.41, 5.74) is 1.10. The highest BCUT2D eigenvalue weighted by Crippen LogP contribution is 2.22. The van der Waals surface area contributed by atoms with E-state index in [1.807, 2.05) is 0 Å². The van der Waals surface area contributed by atoms with Crippen LogP contribution in [0.5, 0.6) is 0 Å². The molecule has 9 heteroatoms. The largest absolute Gasteiger partial charge is 0.271 e. The first-order valence-corrected chi connectivity index (χ1v) is 7.09. The van der Waals surface area contributed by atoms with Crippen LogP contribution in [-0.2, 0) is 23.6 Å². The molecule has 0 spiro atoms. The highest BCUT2D eigenvalue weighted by atomic mass is 32.2. The minimum Gasteiger partial charge on any atom is -0.271 e. The number of aryl methyl sites for hydroxylation is 2. The Kier molecular flexibility index (Phi) is 3.42. The van der Waals surface area contributed by atoms with Crippen molar-refractivity contribution in [3.8, 4) is 0 Å². The molecule has 0 saturated carbocycles. The normalized spacial score (nSPS) is 12.3. The molecule has 0 aliphatic rings. The molecule has 0 saturated heterocycles.